The van der Waals surface area contributed by atoms with Crippen molar-refractivity contribution in [2.75, 3.05) is 19.0 Å². The van der Waals surface area contributed by atoms with Crippen LogP contribution in [-0.4, -0.2) is 30.2 Å². The van der Waals surface area contributed by atoms with Gasteiger partial charge in [-0.05, 0) is 31.4 Å². The smallest absolute Gasteiger partial charge is 0.227 e. The average Bonchev–Trinajstić information content (AvgIpc) is 2.41. The number of nitrogens with two attached hydrogens (primary N) is 1. The number of rotatable bonds is 7. The molecule has 1 aromatic carbocycles. The molecule has 1 aliphatic rings. The summed E-state index contributed by atoms with van der Waals surface area (Å²) in [6.07, 6.45) is 3.37. The van der Waals surface area contributed by atoms with E-state index in [-0.39, 0.29) is 23.1 Å². The van der Waals surface area contributed by atoms with Crippen molar-refractivity contribution in [3.05, 3.63) is 24.3 Å². The van der Waals surface area contributed by atoms with Gasteiger partial charge in [0.1, 0.15) is 17.3 Å². The number of carbonyl (C=O) groups is 1. The number of carbonyl (C=O) groups excluding carboxylic acids is 1. The van der Waals surface area contributed by atoms with Crippen molar-refractivity contribution in [1.29, 1.82) is 0 Å². The van der Waals surface area contributed by atoms with Crippen molar-refractivity contribution in [2.45, 2.75) is 31.3 Å². The first kappa shape index (κ1) is 15.7. The first-order valence-electron chi connectivity index (χ1n) is 6.89. The summed E-state index contributed by atoms with van der Waals surface area (Å²) in [4.78, 5) is 12.4. The van der Waals surface area contributed by atoms with Gasteiger partial charge in [-0.2, -0.15) is 0 Å². The fourth-order valence-electron chi connectivity index (χ4n) is 2.34. The fraction of sp³-hybridized carbons (Fsp3) is 0.467. The second kappa shape index (κ2) is 6.87. The Kier molecular flexibility index (Phi) is 5.14. The molecule has 6 heteroatoms. The summed E-state index contributed by atoms with van der Waals surface area (Å²) in [5.74, 6) is 0.564. The molecule has 0 saturated heterocycles. The number of anilines is 1. The van der Waals surface area contributed by atoms with Crippen molar-refractivity contribution in [2.24, 2.45) is 5.73 Å². The molecule has 0 unspecified atom stereocenters. The zero-order chi connectivity index (χ0) is 15.3. The Bertz CT molecular complexity index is 524. The van der Waals surface area contributed by atoms with Crippen LogP contribution < -0.4 is 15.8 Å². The highest BCUT2D eigenvalue weighted by Gasteiger charge is 2.38. The number of ether oxygens (including phenoxy) is 2. The monoisotopic (exact) mass is 308 g/mol. The molecular formula is C15H20N2O3S. The maximum absolute atomic E-state index is 12.1. The molecular weight excluding hydrogens is 288 g/mol. The zero-order valence-corrected chi connectivity index (χ0v) is 12.9. The minimum atomic E-state index is -0.274. The van der Waals surface area contributed by atoms with Gasteiger partial charge in [-0.1, -0.05) is 18.3 Å². The molecule has 1 saturated carbocycles. The summed E-state index contributed by atoms with van der Waals surface area (Å²) in [7, 11) is 1.66. The number of hydrogen-bond acceptors (Lipinski definition) is 4. The Labute approximate surface area is 129 Å². The largest absolute Gasteiger partial charge is 0.486 e. The molecule has 0 radical (unpaired) electrons. The molecule has 1 aliphatic carbocycles. The molecule has 0 aromatic heterocycles. The Balaban J connectivity index is 1.91. The van der Waals surface area contributed by atoms with Crippen molar-refractivity contribution >= 4 is 28.8 Å². The zero-order valence-electron chi connectivity index (χ0n) is 12.1. The van der Waals surface area contributed by atoms with E-state index in [9.17, 15) is 4.79 Å². The van der Waals surface area contributed by atoms with E-state index in [1.54, 1.807) is 25.3 Å². The normalized spacial score (nSPS) is 15.9. The number of hydrogen-bond donors (Lipinski definition) is 2. The van der Waals surface area contributed by atoms with E-state index in [4.69, 9.17) is 27.4 Å². The first-order valence-corrected chi connectivity index (χ1v) is 7.30. The summed E-state index contributed by atoms with van der Waals surface area (Å²) in [6.45, 7) is 0.180. The lowest BCUT2D eigenvalue weighted by Gasteiger charge is -2.39. The first-order chi connectivity index (χ1) is 10.0. The van der Waals surface area contributed by atoms with Gasteiger partial charge in [0, 0.05) is 18.9 Å². The molecule has 114 valence electrons. The van der Waals surface area contributed by atoms with E-state index in [1.807, 2.05) is 6.07 Å². The SMILES string of the molecule is COC1(CC(=O)Nc2cccc(OCC(N)=S)c2)CCC1. The minimum Gasteiger partial charge on any atom is -0.486 e. The maximum atomic E-state index is 12.1. The second-order valence-electron chi connectivity index (χ2n) is 5.25. The van der Waals surface area contributed by atoms with Crippen LogP contribution in [0.15, 0.2) is 24.3 Å². The van der Waals surface area contributed by atoms with E-state index in [0.29, 0.717) is 17.9 Å². The fourth-order valence-corrected chi connectivity index (χ4v) is 2.40. The lowest BCUT2D eigenvalue weighted by atomic mass is 9.77. The predicted octanol–water partition coefficient (Wildman–Crippen LogP) is 2.25. The van der Waals surface area contributed by atoms with Gasteiger partial charge in [0.2, 0.25) is 5.91 Å². The van der Waals surface area contributed by atoms with Crippen LogP contribution in [0.25, 0.3) is 0 Å². The molecule has 0 aliphatic heterocycles. The number of benzene rings is 1. The van der Waals surface area contributed by atoms with Gasteiger partial charge in [0.25, 0.3) is 0 Å². The third-order valence-electron chi connectivity index (χ3n) is 3.68. The molecule has 0 heterocycles. The molecule has 0 bridgehead atoms. The summed E-state index contributed by atoms with van der Waals surface area (Å²) < 4.78 is 10.9. The van der Waals surface area contributed by atoms with Gasteiger partial charge in [0.05, 0.1) is 12.0 Å². The quantitative estimate of drug-likeness (QED) is 0.756. The van der Waals surface area contributed by atoms with E-state index in [0.717, 1.165) is 19.3 Å². The topological polar surface area (TPSA) is 73.6 Å². The molecule has 3 N–H and O–H groups in total. The summed E-state index contributed by atoms with van der Waals surface area (Å²) in [6, 6.07) is 7.15. The van der Waals surface area contributed by atoms with Gasteiger partial charge in [-0.15, -0.1) is 0 Å². The Morgan fingerprint density at radius 1 is 1.48 bits per heavy atom. The van der Waals surface area contributed by atoms with Gasteiger partial charge in [0.15, 0.2) is 0 Å². The number of methoxy groups -OCH3 is 1. The van der Waals surface area contributed by atoms with Crippen LogP contribution in [0, 0.1) is 0 Å². The second-order valence-corrected chi connectivity index (χ2v) is 5.77. The molecule has 2 rings (SSSR count). The van der Waals surface area contributed by atoms with Gasteiger partial charge < -0.3 is 20.5 Å². The highest BCUT2D eigenvalue weighted by Crippen LogP contribution is 2.38. The number of thiocarbonyl (C=S) groups is 1. The summed E-state index contributed by atoms with van der Waals surface area (Å²) in [5.41, 5.74) is 5.80. The lowest BCUT2D eigenvalue weighted by Crippen LogP contribution is -2.42. The Morgan fingerprint density at radius 3 is 2.81 bits per heavy atom. The van der Waals surface area contributed by atoms with Crippen LogP contribution in [0.5, 0.6) is 5.75 Å². The summed E-state index contributed by atoms with van der Waals surface area (Å²) >= 11 is 4.76. The molecule has 5 nitrogen and oxygen atoms in total. The Morgan fingerprint density at radius 2 is 2.24 bits per heavy atom. The van der Waals surface area contributed by atoms with Crippen molar-refractivity contribution < 1.29 is 14.3 Å². The molecule has 1 amide bonds. The number of amides is 1. The minimum absolute atomic E-state index is 0.0527. The van der Waals surface area contributed by atoms with Crippen molar-refractivity contribution in [3.8, 4) is 5.75 Å². The highest BCUT2D eigenvalue weighted by molar-refractivity contribution is 7.80. The van der Waals surface area contributed by atoms with E-state index in [1.165, 1.54) is 0 Å². The third kappa shape index (κ3) is 4.41. The van der Waals surface area contributed by atoms with Crippen LogP contribution in [0.2, 0.25) is 0 Å². The van der Waals surface area contributed by atoms with Crippen LogP contribution in [0.4, 0.5) is 5.69 Å². The lowest BCUT2D eigenvalue weighted by molar-refractivity contribution is -0.129. The molecule has 1 aromatic rings. The third-order valence-corrected chi connectivity index (χ3v) is 3.80. The average molecular weight is 308 g/mol. The molecule has 0 spiro atoms. The predicted molar refractivity (Wildman–Crippen MR) is 85.6 cm³/mol. The molecule has 21 heavy (non-hydrogen) atoms. The number of nitrogens with one attached hydrogen (secondary N) is 1. The van der Waals surface area contributed by atoms with Gasteiger partial charge in [-0.3, -0.25) is 4.79 Å². The van der Waals surface area contributed by atoms with E-state index >= 15 is 0 Å². The highest BCUT2D eigenvalue weighted by atomic mass is 32.1. The van der Waals surface area contributed by atoms with Crippen LogP contribution >= 0.6 is 12.2 Å². The maximum Gasteiger partial charge on any atom is 0.227 e. The van der Waals surface area contributed by atoms with E-state index < -0.39 is 0 Å². The standard InChI is InChI=1S/C15H20N2O3S/c1-19-15(6-3-7-15)9-14(18)17-11-4-2-5-12(8-11)20-10-13(16)21/h2,4-5,8H,3,6-7,9-10H2,1H3,(H2,16,21)(H,17,18). The van der Waals surface area contributed by atoms with Crippen molar-refractivity contribution in [3.63, 3.8) is 0 Å². The summed E-state index contributed by atoms with van der Waals surface area (Å²) in [5, 5.41) is 2.87. The van der Waals surface area contributed by atoms with Crippen LogP contribution in [-0.2, 0) is 9.53 Å². The molecule has 0 atom stereocenters. The van der Waals surface area contributed by atoms with E-state index in [2.05, 4.69) is 5.32 Å². The van der Waals surface area contributed by atoms with Crippen LogP contribution in [0.3, 0.4) is 0 Å². The van der Waals surface area contributed by atoms with Crippen molar-refractivity contribution in [1.82, 2.24) is 0 Å². The van der Waals surface area contributed by atoms with Crippen LogP contribution in [0.1, 0.15) is 25.7 Å². The molecule has 1 fully saturated rings. The van der Waals surface area contributed by atoms with Gasteiger partial charge in [-0.25, -0.2) is 0 Å². The van der Waals surface area contributed by atoms with Gasteiger partial charge >= 0.3 is 0 Å². The Hall–Kier alpha value is -1.66.